The summed E-state index contributed by atoms with van der Waals surface area (Å²) in [6.07, 6.45) is -2.80. The first kappa shape index (κ1) is 28.6. The Kier molecular flexibility index (Phi) is 7.82. The first-order valence-corrected chi connectivity index (χ1v) is 13.8. The van der Waals surface area contributed by atoms with Gasteiger partial charge in [-0.15, -0.1) is 0 Å². The van der Waals surface area contributed by atoms with E-state index in [9.17, 15) is 30.8 Å². The van der Waals surface area contributed by atoms with Gasteiger partial charge in [-0.05, 0) is 73.4 Å². The second-order valence-electron chi connectivity index (χ2n) is 9.39. The van der Waals surface area contributed by atoms with Gasteiger partial charge in [-0.25, -0.2) is 12.8 Å². The molecule has 0 saturated carbocycles. The molecule has 0 fully saturated rings. The third-order valence-corrected chi connectivity index (χ3v) is 8.80. The number of nitrogens with zero attached hydrogens (tertiary/aromatic N) is 1. The maximum Gasteiger partial charge on any atom is 0.416 e. The minimum absolute atomic E-state index is 0.199. The van der Waals surface area contributed by atoms with Crippen molar-refractivity contribution in [2.45, 2.75) is 50.3 Å². The zero-order valence-corrected chi connectivity index (χ0v) is 22.8. The van der Waals surface area contributed by atoms with Crippen LogP contribution in [0.4, 0.5) is 23.2 Å². The summed E-state index contributed by atoms with van der Waals surface area (Å²) in [5.41, 5.74) is 0.944. The third kappa shape index (κ3) is 5.81. The van der Waals surface area contributed by atoms with Gasteiger partial charge in [0.1, 0.15) is 5.82 Å². The van der Waals surface area contributed by atoms with Gasteiger partial charge in [-0.3, -0.25) is 9.10 Å². The fourth-order valence-electron chi connectivity index (χ4n) is 4.76. The van der Waals surface area contributed by atoms with E-state index in [1.54, 1.807) is 44.2 Å². The largest absolute Gasteiger partial charge is 0.416 e. The van der Waals surface area contributed by atoms with Crippen LogP contribution in [0.2, 0.25) is 5.02 Å². The monoisotopic (exact) mass is 580 g/mol. The quantitative estimate of drug-likeness (QED) is 0.270. The second-order valence-corrected chi connectivity index (χ2v) is 11.6. The van der Waals surface area contributed by atoms with Crippen LogP contribution in [0.5, 0.6) is 0 Å². The molecule has 1 amide bonds. The van der Waals surface area contributed by atoms with Crippen molar-refractivity contribution in [3.8, 4) is 0 Å². The molecule has 0 spiro atoms. The number of hydrogen-bond donors (Lipinski definition) is 1. The fourth-order valence-corrected chi connectivity index (χ4v) is 6.84. The van der Waals surface area contributed by atoms with Crippen LogP contribution < -0.4 is 9.62 Å². The average Bonchev–Trinajstić information content (AvgIpc) is 2.83. The van der Waals surface area contributed by atoms with Gasteiger partial charge in [0.15, 0.2) is 0 Å². The predicted octanol–water partition coefficient (Wildman–Crippen LogP) is 6.70. The average molecular weight is 581 g/mol. The number of halogens is 5. The molecule has 1 aliphatic heterocycles. The molecule has 0 aromatic heterocycles. The van der Waals surface area contributed by atoms with Crippen molar-refractivity contribution in [1.82, 2.24) is 5.32 Å². The first-order chi connectivity index (χ1) is 18.2. The molecular weight excluding hydrogens is 556 g/mol. The lowest BCUT2D eigenvalue weighted by Gasteiger charge is -2.41. The number of rotatable bonds is 5. The highest BCUT2D eigenvalue weighted by Crippen LogP contribution is 2.39. The van der Waals surface area contributed by atoms with E-state index < -0.39 is 44.6 Å². The molecule has 0 bridgehead atoms. The highest BCUT2D eigenvalue weighted by atomic mass is 35.5. The topological polar surface area (TPSA) is 66.5 Å². The molecule has 1 N–H and O–H groups in total. The number of anilines is 1. The van der Waals surface area contributed by atoms with Crippen LogP contribution in [0.15, 0.2) is 65.6 Å². The lowest BCUT2D eigenvalue weighted by Crippen LogP contribution is -2.56. The molecule has 206 valence electrons. The molecule has 1 heterocycles. The van der Waals surface area contributed by atoms with Gasteiger partial charge in [0.2, 0.25) is 5.91 Å². The molecular formula is C28H25ClF4N2O3S. The van der Waals surface area contributed by atoms with E-state index >= 15 is 0 Å². The number of carbonyl (C=O) groups excluding carboxylic acids is 1. The van der Waals surface area contributed by atoms with Crippen LogP contribution in [0.3, 0.4) is 0 Å². The third-order valence-electron chi connectivity index (χ3n) is 6.59. The van der Waals surface area contributed by atoms with Gasteiger partial charge in [0.05, 0.1) is 33.3 Å². The summed E-state index contributed by atoms with van der Waals surface area (Å²) in [7, 11) is -4.51. The van der Waals surface area contributed by atoms with E-state index in [1.165, 1.54) is 19.1 Å². The Balaban J connectivity index is 1.86. The van der Waals surface area contributed by atoms with Crippen molar-refractivity contribution in [2.75, 3.05) is 4.31 Å². The summed E-state index contributed by atoms with van der Waals surface area (Å²) in [6, 6.07) is 11.4. The lowest BCUT2D eigenvalue weighted by molar-refractivity contribution is -0.137. The number of nitrogens with one attached hydrogen (secondary N) is 1. The Labute approximate surface area is 229 Å². The first-order valence-electron chi connectivity index (χ1n) is 11.9. The van der Waals surface area contributed by atoms with E-state index in [1.807, 2.05) is 0 Å². The van der Waals surface area contributed by atoms with Crippen LogP contribution >= 0.6 is 11.6 Å². The van der Waals surface area contributed by atoms with E-state index in [0.717, 1.165) is 22.5 Å². The predicted molar refractivity (Wildman–Crippen MR) is 143 cm³/mol. The minimum atomic E-state index is -4.74. The molecule has 0 aliphatic carbocycles. The van der Waals surface area contributed by atoms with Gasteiger partial charge in [-0.1, -0.05) is 41.9 Å². The number of amides is 1. The highest BCUT2D eigenvalue weighted by molar-refractivity contribution is 7.92. The van der Waals surface area contributed by atoms with Crippen LogP contribution in [0.25, 0.3) is 11.6 Å². The molecule has 39 heavy (non-hydrogen) atoms. The summed E-state index contributed by atoms with van der Waals surface area (Å²) in [4.78, 5) is 11.3. The number of allylic oxidation sites excluding steroid dienone is 1. The number of alkyl halides is 3. The van der Waals surface area contributed by atoms with Crippen molar-refractivity contribution in [3.63, 3.8) is 0 Å². The molecule has 11 heteroatoms. The molecule has 0 unspecified atom stereocenters. The van der Waals surface area contributed by atoms with Gasteiger partial charge < -0.3 is 5.32 Å². The number of fused-ring (bicyclic) bond motifs is 1. The number of benzene rings is 3. The van der Waals surface area contributed by atoms with Crippen molar-refractivity contribution in [2.24, 2.45) is 0 Å². The number of sulfonamides is 1. The van der Waals surface area contributed by atoms with E-state index in [0.29, 0.717) is 29.2 Å². The smallest absolute Gasteiger partial charge is 0.351 e. The Morgan fingerprint density at radius 2 is 1.77 bits per heavy atom. The lowest BCUT2D eigenvalue weighted by atomic mass is 9.92. The van der Waals surface area contributed by atoms with Gasteiger partial charge in [0.25, 0.3) is 10.0 Å². The summed E-state index contributed by atoms with van der Waals surface area (Å²) in [6.45, 7) is 4.55. The fraction of sp³-hybridized carbons (Fsp3) is 0.250. The zero-order valence-electron chi connectivity index (χ0n) is 21.2. The standard InChI is InChI=1S/C28H25ClF4N2O3S/c1-16(27-23(29)8-5-9-24(27)30)12-19-10-11-20-14-25(34-18(3)36)17(2)35(26(20)13-19)39(37,38)22-7-4-6-21(15-22)28(31,32)33/h4-13,15,17,25H,14H2,1-3H3,(H,34,36)/b16-12+/t17-,25-/m1/s1. The highest BCUT2D eigenvalue weighted by Gasteiger charge is 2.40. The maximum absolute atomic E-state index is 14.5. The normalized spacial score (nSPS) is 18.1. The van der Waals surface area contributed by atoms with Gasteiger partial charge in [-0.2, -0.15) is 13.2 Å². The summed E-state index contributed by atoms with van der Waals surface area (Å²) >= 11 is 6.20. The van der Waals surface area contributed by atoms with Crippen molar-refractivity contribution < 1.29 is 30.8 Å². The van der Waals surface area contributed by atoms with Crippen molar-refractivity contribution in [3.05, 3.63) is 93.8 Å². The molecule has 1 aliphatic rings. The molecule has 3 aromatic rings. The Hall–Kier alpha value is -3.37. The molecule has 0 radical (unpaired) electrons. The summed E-state index contributed by atoms with van der Waals surface area (Å²) in [5.74, 6) is -0.890. The minimum Gasteiger partial charge on any atom is -0.351 e. The van der Waals surface area contributed by atoms with E-state index in [2.05, 4.69) is 5.32 Å². The molecule has 3 aromatic carbocycles. The summed E-state index contributed by atoms with van der Waals surface area (Å²) < 4.78 is 83.5. The SMILES string of the molecule is CC(=O)N[C@@H]1Cc2ccc(/C=C(\C)c3c(F)cccc3Cl)cc2N(S(=O)(=O)c2cccc(C(F)(F)F)c2)[C@@H]1C. The Morgan fingerprint density at radius 3 is 2.41 bits per heavy atom. The Bertz CT molecular complexity index is 1550. The number of carbonyl (C=O) groups is 1. The van der Waals surface area contributed by atoms with E-state index in [-0.39, 0.29) is 22.2 Å². The van der Waals surface area contributed by atoms with Gasteiger partial charge in [0, 0.05) is 12.5 Å². The van der Waals surface area contributed by atoms with Crippen LogP contribution in [-0.2, 0) is 27.4 Å². The van der Waals surface area contributed by atoms with Crippen LogP contribution in [-0.4, -0.2) is 26.4 Å². The van der Waals surface area contributed by atoms with Crippen LogP contribution in [0.1, 0.15) is 43.0 Å². The second kappa shape index (κ2) is 10.7. The van der Waals surface area contributed by atoms with Crippen LogP contribution in [0, 0.1) is 5.82 Å². The molecule has 2 atom stereocenters. The zero-order chi connectivity index (χ0) is 28.7. The maximum atomic E-state index is 14.5. The summed E-state index contributed by atoms with van der Waals surface area (Å²) in [5, 5.41) is 2.96. The van der Waals surface area contributed by atoms with E-state index in [4.69, 9.17) is 11.6 Å². The van der Waals surface area contributed by atoms with Gasteiger partial charge >= 0.3 is 6.18 Å². The van der Waals surface area contributed by atoms with Crippen molar-refractivity contribution in [1.29, 1.82) is 0 Å². The molecule has 4 rings (SSSR count). The Morgan fingerprint density at radius 1 is 1.08 bits per heavy atom. The molecule has 5 nitrogen and oxygen atoms in total. The molecule has 0 saturated heterocycles. The number of hydrogen-bond acceptors (Lipinski definition) is 3. The van der Waals surface area contributed by atoms with Crippen molar-refractivity contribution >= 4 is 44.9 Å².